The summed E-state index contributed by atoms with van der Waals surface area (Å²) >= 11 is 0. The first kappa shape index (κ1) is 15.8. The van der Waals surface area contributed by atoms with Crippen molar-refractivity contribution < 1.29 is 14.3 Å². The quantitative estimate of drug-likeness (QED) is 0.782. The largest absolute Gasteiger partial charge is 0.497 e. The number of hydrogen-bond acceptors (Lipinski definition) is 4. The molecule has 0 spiro atoms. The van der Waals surface area contributed by atoms with Crippen LogP contribution in [0.4, 0.5) is 5.69 Å². The number of ether oxygens (including phenoxy) is 2. The number of aromatic nitrogens is 1. The van der Waals surface area contributed by atoms with E-state index in [9.17, 15) is 4.79 Å². The maximum Gasteiger partial charge on any atom is 0.228 e. The number of amides is 1. The van der Waals surface area contributed by atoms with Gasteiger partial charge in [0.2, 0.25) is 5.91 Å². The Bertz CT molecular complexity index is 877. The second-order valence-electron chi connectivity index (χ2n) is 5.32. The third kappa shape index (κ3) is 3.46. The molecule has 0 aliphatic carbocycles. The Kier molecular flexibility index (Phi) is 4.61. The fourth-order valence-electron chi connectivity index (χ4n) is 2.54. The van der Waals surface area contributed by atoms with Gasteiger partial charge >= 0.3 is 0 Å². The SMILES string of the molecule is COc1ccc(OC)c(CC(=O)Nc2cnc3ccccc3c2)c1. The minimum Gasteiger partial charge on any atom is -0.497 e. The molecule has 0 unspecified atom stereocenters. The van der Waals surface area contributed by atoms with Crippen LogP contribution in [0.25, 0.3) is 10.9 Å². The number of hydrogen-bond donors (Lipinski definition) is 1. The van der Waals surface area contributed by atoms with E-state index in [4.69, 9.17) is 9.47 Å². The van der Waals surface area contributed by atoms with E-state index < -0.39 is 0 Å². The van der Waals surface area contributed by atoms with Crippen LogP contribution in [0.2, 0.25) is 0 Å². The topological polar surface area (TPSA) is 60.5 Å². The van der Waals surface area contributed by atoms with E-state index in [-0.39, 0.29) is 12.3 Å². The summed E-state index contributed by atoms with van der Waals surface area (Å²) in [6.45, 7) is 0. The summed E-state index contributed by atoms with van der Waals surface area (Å²) in [4.78, 5) is 16.7. The van der Waals surface area contributed by atoms with Gasteiger partial charge in [0.1, 0.15) is 11.5 Å². The summed E-state index contributed by atoms with van der Waals surface area (Å²) in [6, 6.07) is 15.1. The predicted molar refractivity (Wildman–Crippen MR) is 93.6 cm³/mol. The molecular formula is C19H18N2O3. The van der Waals surface area contributed by atoms with Crippen molar-refractivity contribution in [2.75, 3.05) is 19.5 Å². The number of rotatable bonds is 5. The van der Waals surface area contributed by atoms with E-state index in [0.717, 1.165) is 16.5 Å². The van der Waals surface area contributed by atoms with Gasteiger partial charge in [0, 0.05) is 10.9 Å². The number of carbonyl (C=O) groups excluding carboxylic acids is 1. The smallest absolute Gasteiger partial charge is 0.228 e. The summed E-state index contributed by atoms with van der Waals surface area (Å²) < 4.78 is 10.5. The van der Waals surface area contributed by atoms with Gasteiger partial charge in [0.05, 0.1) is 38.0 Å². The van der Waals surface area contributed by atoms with E-state index >= 15 is 0 Å². The van der Waals surface area contributed by atoms with Crippen molar-refractivity contribution in [2.45, 2.75) is 6.42 Å². The molecule has 0 bridgehead atoms. The molecule has 1 N–H and O–H groups in total. The maximum absolute atomic E-state index is 12.4. The summed E-state index contributed by atoms with van der Waals surface area (Å²) in [6.07, 6.45) is 1.84. The lowest BCUT2D eigenvalue weighted by molar-refractivity contribution is -0.115. The fourth-order valence-corrected chi connectivity index (χ4v) is 2.54. The molecule has 0 saturated carbocycles. The van der Waals surface area contributed by atoms with Gasteiger partial charge in [-0.15, -0.1) is 0 Å². The highest BCUT2D eigenvalue weighted by Gasteiger charge is 2.11. The third-order valence-corrected chi connectivity index (χ3v) is 3.71. The number of methoxy groups -OCH3 is 2. The molecule has 122 valence electrons. The molecule has 3 aromatic rings. The number of benzene rings is 2. The second-order valence-corrected chi connectivity index (χ2v) is 5.32. The van der Waals surface area contributed by atoms with Gasteiger partial charge in [0.25, 0.3) is 0 Å². The standard InChI is InChI=1S/C19H18N2O3/c1-23-16-7-8-18(24-2)14(10-16)11-19(22)21-15-9-13-5-3-4-6-17(13)20-12-15/h3-10,12H,11H2,1-2H3,(H,21,22). The van der Waals surface area contributed by atoms with Crippen LogP contribution in [0.5, 0.6) is 11.5 Å². The van der Waals surface area contributed by atoms with Crippen LogP contribution < -0.4 is 14.8 Å². The average Bonchev–Trinajstić information content (AvgIpc) is 2.61. The van der Waals surface area contributed by atoms with Gasteiger partial charge in [-0.1, -0.05) is 18.2 Å². The Morgan fingerprint density at radius 2 is 1.92 bits per heavy atom. The van der Waals surface area contributed by atoms with E-state index in [1.807, 2.05) is 30.3 Å². The van der Waals surface area contributed by atoms with Gasteiger partial charge in [-0.3, -0.25) is 9.78 Å². The van der Waals surface area contributed by atoms with E-state index in [1.54, 1.807) is 38.6 Å². The highest BCUT2D eigenvalue weighted by molar-refractivity contribution is 5.94. The molecule has 2 aromatic carbocycles. The average molecular weight is 322 g/mol. The molecule has 3 rings (SSSR count). The van der Waals surface area contributed by atoms with Crippen LogP contribution in [0.3, 0.4) is 0 Å². The van der Waals surface area contributed by atoms with Crippen LogP contribution >= 0.6 is 0 Å². The van der Waals surface area contributed by atoms with Gasteiger partial charge < -0.3 is 14.8 Å². The van der Waals surface area contributed by atoms with Crippen molar-refractivity contribution >= 4 is 22.5 Å². The van der Waals surface area contributed by atoms with Gasteiger partial charge in [-0.2, -0.15) is 0 Å². The minimum absolute atomic E-state index is 0.140. The second kappa shape index (κ2) is 7.00. The van der Waals surface area contributed by atoms with Crippen molar-refractivity contribution in [1.29, 1.82) is 0 Å². The van der Waals surface area contributed by atoms with Crippen LogP contribution in [0.15, 0.2) is 54.7 Å². The number of nitrogens with zero attached hydrogens (tertiary/aromatic N) is 1. The Balaban J connectivity index is 1.77. The molecule has 0 atom stereocenters. The lowest BCUT2D eigenvalue weighted by Crippen LogP contribution is -2.15. The summed E-state index contributed by atoms with van der Waals surface area (Å²) in [5, 5.41) is 3.85. The summed E-state index contributed by atoms with van der Waals surface area (Å²) in [5.74, 6) is 1.20. The fraction of sp³-hybridized carbons (Fsp3) is 0.158. The highest BCUT2D eigenvalue weighted by Crippen LogP contribution is 2.25. The lowest BCUT2D eigenvalue weighted by atomic mass is 10.1. The minimum atomic E-state index is -0.140. The first-order valence-corrected chi connectivity index (χ1v) is 7.55. The van der Waals surface area contributed by atoms with Crippen molar-refractivity contribution in [1.82, 2.24) is 4.98 Å². The molecule has 0 fully saturated rings. The highest BCUT2D eigenvalue weighted by atomic mass is 16.5. The van der Waals surface area contributed by atoms with Crippen molar-refractivity contribution in [3.8, 4) is 11.5 Å². The Hall–Kier alpha value is -3.08. The molecule has 0 radical (unpaired) electrons. The number of carbonyl (C=O) groups is 1. The zero-order valence-corrected chi connectivity index (χ0v) is 13.6. The zero-order chi connectivity index (χ0) is 16.9. The normalized spacial score (nSPS) is 10.4. The first-order chi connectivity index (χ1) is 11.7. The van der Waals surface area contributed by atoms with Crippen LogP contribution in [-0.2, 0) is 11.2 Å². The first-order valence-electron chi connectivity index (χ1n) is 7.55. The predicted octanol–water partition coefficient (Wildman–Crippen LogP) is 3.43. The van der Waals surface area contributed by atoms with Crippen LogP contribution in [0, 0.1) is 0 Å². The molecule has 0 aliphatic rings. The van der Waals surface area contributed by atoms with Crippen LogP contribution in [-0.4, -0.2) is 25.1 Å². The number of para-hydroxylation sites is 1. The molecule has 0 saturated heterocycles. The maximum atomic E-state index is 12.4. The molecule has 5 nitrogen and oxygen atoms in total. The molecule has 1 heterocycles. The van der Waals surface area contributed by atoms with E-state index in [2.05, 4.69) is 10.3 Å². The van der Waals surface area contributed by atoms with E-state index in [1.165, 1.54) is 0 Å². The number of anilines is 1. The van der Waals surface area contributed by atoms with Crippen molar-refractivity contribution in [3.63, 3.8) is 0 Å². The van der Waals surface area contributed by atoms with Crippen molar-refractivity contribution in [3.05, 3.63) is 60.3 Å². The number of fused-ring (bicyclic) bond motifs is 1. The molecule has 1 amide bonds. The Labute approximate surface area is 140 Å². The Morgan fingerprint density at radius 1 is 1.08 bits per heavy atom. The van der Waals surface area contributed by atoms with Crippen LogP contribution in [0.1, 0.15) is 5.56 Å². The van der Waals surface area contributed by atoms with E-state index in [0.29, 0.717) is 17.2 Å². The monoisotopic (exact) mass is 322 g/mol. The molecule has 0 aliphatic heterocycles. The lowest BCUT2D eigenvalue weighted by Gasteiger charge is -2.11. The van der Waals surface area contributed by atoms with Crippen molar-refractivity contribution in [2.24, 2.45) is 0 Å². The third-order valence-electron chi connectivity index (χ3n) is 3.71. The number of nitrogens with one attached hydrogen (secondary N) is 1. The Morgan fingerprint density at radius 3 is 2.71 bits per heavy atom. The molecular weight excluding hydrogens is 304 g/mol. The molecule has 24 heavy (non-hydrogen) atoms. The zero-order valence-electron chi connectivity index (χ0n) is 13.6. The van der Waals surface area contributed by atoms with Gasteiger partial charge in [-0.25, -0.2) is 0 Å². The summed E-state index contributed by atoms with van der Waals surface area (Å²) in [7, 11) is 3.17. The number of pyridine rings is 1. The van der Waals surface area contributed by atoms with Gasteiger partial charge in [0.15, 0.2) is 0 Å². The molecule has 1 aromatic heterocycles. The van der Waals surface area contributed by atoms with Gasteiger partial charge in [-0.05, 0) is 30.3 Å². The summed E-state index contributed by atoms with van der Waals surface area (Å²) in [5.41, 5.74) is 2.33. The molecule has 5 heteroatoms.